The first-order chi connectivity index (χ1) is 8.93. The second-order valence-corrected chi connectivity index (χ2v) is 5.99. The maximum Gasteiger partial charge on any atom is 0.253 e. The first kappa shape index (κ1) is 15.7. The van der Waals surface area contributed by atoms with Crippen LogP contribution in [0.25, 0.3) is 0 Å². The molecule has 0 heterocycles. The standard InChI is InChI=1S/C15H19BrN2O/c1-11(2)10-18(6-4-5-17)15(19)13-7-12(3)8-14(16)9-13/h7-9,11H,4,6,10H2,1-3H3. The SMILES string of the molecule is Cc1cc(Br)cc(C(=O)N(CCC#N)CC(C)C)c1. The minimum Gasteiger partial charge on any atom is -0.337 e. The molecule has 0 saturated carbocycles. The van der Waals surface area contributed by atoms with Crippen molar-refractivity contribution in [2.45, 2.75) is 27.2 Å². The molecule has 1 aromatic carbocycles. The van der Waals surface area contributed by atoms with Gasteiger partial charge in [0.2, 0.25) is 0 Å². The molecule has 0 unspecified atom stereocenters. The Morgan fingerprint density at radius 2 is 2.11 bits per heavy atom. The molecule has 0 aliphatic heterocycles. The molecule has 0 fully saturated rings. The van der Waals surface area contributed by atoms with Gasteiger partial charge in [-0.2, -0.15) is 5.26 Å². The summed E-state index contributed by atoms with van der Waals surface area (Å²) in [6.07, 6.45) is 0.367. The van der Waals surface area contributed by atoms with Crippen LogP contribution in [-0.4, -0.2) is 23.9 Å². The predicted molar refractivity (Wildman–Crippen MR) is 79.9 cm³/mol. The van der Waals surface area contributed by atoms with E-state index in [2.05, 4.69) is 35.8 Å². The van der Waals surface area contributed by atoms with Crippen molar-refractivity contribution in [2.24, 2.45) is 5.92 Å². The molecule has 0 N–H and O–H groups in total. The zero-order valence-corrected chi connectivity index (χ0v) is 13.2. The Balaban J connectivity index is 2.94. The number of carbonyl (C=O) groups excluding carboxylic acids is 1. The number of aryl methyl sites for hydroxylation is 1. The van der Waals surface area contributed by atoms with Crippen LogP contribution < -0.4 is 0 Å². The molecule has 0 aliphatic rings. The summed E-state index contributed by atoms with van der Waals surface area (Å²) < 4.78 is 0.903. The monoisotopic (exact) mass is 322 g/mol. The number of halogens is 1. The highest BCUT2D eigenvalue weighted by Crippen LogP contribution is 2.17. The molecule has 1 aromatic rings. The first-order valence-electron chi connectivity index (χ1n) is 6.37. The number of hydrogen-bond donors (Lipinski definition) is 0. The van der Waals surface area contributed by atoms with E-state index in [1.165, 1.54) is 0 Å². The van der Waals surface area contributed by atoms with Crippen LogP contribution in [0.15, 0.2) is 22.7 Å². The van der Waals surface area contributed by atoms with E-state index in [4.69, 9.17) is 5.26 Å². The summed E-state index contributed by atoms with van der Waals surface area (Å²) in [5.41, 5.74) is 1.72. The van der Waals surface area contributed by atoms with Gasteiger partial charge in [0.15, 0.2) is 0 Å². The fourth-order valence-corrected chi connectivity index (χ4v) is 2.55. The molecule has 19 heavy (non-hydrogen) atoms. The Bertz CT molecular complexity index is 471. The lowest BCUT2D eigenvalue weighted by Crippen LogP contribution is -2.35. The van der Waals surface area contributed by atoms with E-state index in [0.29, 0.717) is 31.0 Å². The van der Waals surface area contributed by atoms with E-state index >= 15 is 0 Å². The van der Waals surface area contributed by atoms with Crippen LogP contribution in [0.5, 0.6) is 0 Å². The van der Waals surface area contributed by atoms with Crippen LogP contribution in [0.3, 0.4) is 0 Å². The highest BCUT2D eigenvalue weighted by atomic mass is 79.9. The largest absolute Gasteiger partial charge is 0.337 e. The maximum atomic E-state index is 12.5. The van der Waals surface area contributed by atoms with Gasteiger partial charge in [-0.15, -0.1) is 0 Å². The Labute approximate surface area is 123 Å². The Kier molecular flexibility index (Phi) is 6.04. The summed E-state index contributed by atoms with van der Waals surface area (Å²) in [7, 11) is 0. The van der Waals surface area contributed by atoms with Crippen LogP contribution in [0.4, 0.5) is 0 Å². The molecular formula is C15H19BrN2O. The van der Waals surface area contributed by atoms with Gasteiger partial charge in [0, 0.05) is 23.1 Å². The van der Waals surface area contributed by atoms with Crippen molar-refractivity contribution in [3.05, 3.63) is 33.8 Å². The second-order valence-electron chi connectivity index (χ2n) is 5.07. The first-order valence-corrected chi connectivity index (χ1v) is 7.16. The number of amides is 1. The number of benzene rings is 1. The van der Waals surface area contributed by atoms with Crippen LogP contribution in [0.2, 0.25) is 0 Å². The van der Waals surface area contributed by atoms with Crippen LogP contribution in [-0.2, 0) is 0 Å². The smallest absolute Gasteiger partial charge is 0.253 e. The second kappa shape index (κ2) is 7.30. The molecule has 4 heteroatoms. The fraction of sp³-hybridized carbons (Fsp3) is 0.467. The minimum absolute atomic E-state index is 0.00616. The zero-order valence-electron chi connectivity index (χ0n) is 11.6. The van der Waals surface area contributed by atoms with Gasteiger partial charge in [-0.25, -0.2) is 0 Å². The average Bonchev–Trinajstić information content (AvgIpc) is 2.32. The van der Waals surface area contributed by atoms with E-state index in [-0.39, 0.29) is 5.91 Å². The van der Waals surface area contributed by atoms with Crippen LogP contribution in [0, 0.1) is 24.2 Å². The number of nitriles is 1. The fourth-order valence-electron chi connectivity index (χ4n) is 1.94. The molecule has 3 nitrogen and oxygen atoms in total. The summed E-state index contributed by atoms with van der Waals surface area (Å²) in [4.78, 5) is 14.2. The van der Waals surface area contributed by atoms with Crippen molar-refractivity contribution >= 4 is 21.8 Å². The number of nitrogens with zero attached hydrogens (tertiary/aromatic N) is 2. The molecule has 0 saturated heterocycles. The summed E-state index contributed by atoms with van der Waals surface area (Å²) >= 11 is 3.41. The molecule has 0 radical (unpaired) electrons. The number of hydrogen-bond acceptors (Lipinski definition) is 2. The van der Waals surface area contributed by atoms with Crippen LogP contribution >= 0.6 is 15.9 Å². The molecular weight excluding hydrogens is 304 g/mol. The van der Waals surface area contributed by atoms with Gasteiger partial charge in [0.25, 0.3) is 5.91 Å². The van der Waals surface area contributed by atoms with E-state index in [1.807, 2.05) is 25.1 Å². The molecule has 0 atom stereocenters. The van der Waals surface area contributed by atoms with E-state index in [0.717, 1.165) is 10.0 Å². The Morgan fingerprint density at radius 3 is 2.63 bits per heavy atom. The van der Waals surface area contributed by atoms with E-state index < -0.39 is 0 Å². The highest BCUT2D eigenvalue weighted by Gasteiger charge is 2.17. The Hall–Kier alpha value is -1.34. The molecule has 0 spiro atoms. The van der Waals surface area contributed by atoms with Crippen molar-refractivity contribution < 1.29 is 4.79 Å². The molecule has 0 aliphatic carbocycles. The minimum atomic E-state index is -0.00616. The number of carbonyl (C=O) groups is 1. The summed E-state index contributed by atoms with van der Waals surface area (Å²) in [6.45, 7) is 7.26. The third-order valence-electron chi connectivity index (χ3n) is 2.66. The molecule has 102 valence electrons. The van der Waals surface area contributed by atoms with Crippen molar-refractivity contribution in [1.29, 1.82) is 5.26 Å². The average molecular weight is 323 g/mol. The van der Waals surface area contributed by atoms with Gasteiger partial charge in [0.05, 0.1) is 12.5 Å². The molecule has 0 bridgehead atoms. The van der Waals surface area contributed by atoms with Crippen molar-refractivity contribution in [3.8, 4) is 6.07 Å². The summed E-state index contributed by atoms with van der Waals surface area (Å²) in [5.74, 6) is 0.379. The topological polar surface area (TPSA) is 44.1 Å². The van der Waals surface area contributed by atoms with Gasteiger partial charge in [-0.1, -0.05) is 29.8 Å². The molecule has 0 aromatic heterocycles. The normalized spacial score (nSPS) is 10.3. The number of rotatable bonds is 5. The van der Waals surface area contributed by atoms with Gasteiger partial charge >= 0.3 is 0 Å². The maximum absolute atomic E-state index is 12.5. The van der Waals surface area contributed by atoms with Crippen molar-refractivity contribution in [1.82, 2.24) is 4.90 Å². The lowest BCUT2D eigenvalue weighted by Gasteiger charge is -2.24. The van der Waals surface area contributed by atoms with Gasteiger partial charge in [0.1, 0.15) is 0 Å². The van der Waals surface area contributed by atoms with Gasteiger partial charge < -0.3 is 4.90 Å². The van der Waals surface area contributed by atoms with Crippen molar-refractivity contribution in [3.63, 3.8) is 0 Å². The zero-order chi connectivity index (χ0) is 14.4. The van der Waals surface area contributed by atoms with E-state index in [1.54, 1.807) is 4.90 Å². The third-order valence-corrected chi connectivity index (χ3v) is 3.11. The predicted octanol–water partition coefficient (Wildman–Crippen LogP) is 3.77. The Morgan fingerprint density at radius 1 is 1.42 bits per heavy atom. The molecule has 1 amide bonds. The molecule has 1 rings (SSSR count). The van der Waals surface area contributed by atoms with Gasteiger partial charge in [-0.05, 0) is 36.6 Å². The van der Waals surface area contributed by atoms with Gasteiger partial charge in [-0.3, -0.25) is 4.79 Å². The third kappa shape index (κ3) is 5.04. The quantitative estimate of drug-likeness (QED) is 0.828. The summed E-state index contributed by atoms with van der Waals surface area (Å²) in [6, 6.07) is 7.78. The van der Waals surface area contributed by atoms with Crippen molar-refractivity contribution in [2.75, 3.05) is 13.1 Å². The summed E-state index contributed by atoms with van der Waals surface area (Å²) in [5, 5.41) is 8.69. The van der Waals surface area contributed by atoms with E-state index in [9.17, 15) is 4.79 Å². The lowest BCUT2D eigenvalue weighted by atomic mass is 10.1. The lowest BCUT2D eigenvalue weighted by molar-refractivity contribution is 0.0740. The van der Waals surface area contributed by atoms with Crippen LogP contribution in [0.1, 0.15) is 36.2 Å². The highest BCUT2D eigenvalue weighted by molar-refractivity contribution is 9.10.